The molecule has 6 nitrogen and oxygen atoms in total. The van der Waals surface area contributed by atoms with E-state index in [4.69, 9.17) is 5.73 Å². The molecule has 0 bridgehead atoms. The minimum absolute atomic E-state index is 0.424. The van der Waals surface area contributed by atoms with Crippen molar-refractivity contribution >= 4 is 49.4 Å². The van der Waals surface area contributed by atoms with Gasteiger partial charge in [-0.25, -0.2) is 9.97 Å². The Bertz CT molecular complexity index is 882. The van der Waals surface area contributed by atoms with Crippen molar-refractivity contribution in [1.82, 2.24) is 19.9 Å². The van der Waals surface area contributed by atoms with Gasteiger partial charge in [-0.15, -0.1) is 0 Å². The van der Waals surface area contributed by atoms with Gasteiger partial charge in [0, 0.05) is 40.6 Å². The molecule has 0 radical (unpaired) electrons. The van der Waals surface area contributed by atoms with E-state index in [0.717, 1.165) is 64.6 Å². The van der Waals surface area contributed by atoms with Crippen LogP contribution < -0.4 is 11.1 Å². The fourth-order valence-corrected chi connectivity index (χ4v) is 3.83. The highest BCUT2D eigenvalue weighted by molar-refractivity contribution is 9.10. The number of nitrogens with zero attached hydrogens (tertiary/aromatic N) is 3. The minimum atomic E-state index is 0.424. The molecule has 1 aliphatic heterocycles. The zero-order valence-electron chi connectivity index (χ0n) is 13.6. The third-order valence-corrected chi connectivity index (χ3v) is 5.30. The average molecular weight is 389 g/mol. The van der Waals surface area contributed by atoms with Gasteiger partial charge in [-0.1, -0.05) is 6.92 Å². The largest absolute Gasteiger partial charge is 0.382 e. The molecule has 0 spiro atoms. The molecular formula is C17H21BrN6. The van der Waals surface area contributed by atoms with Crippen LogP contribution in [0.3, 0.4) is 0 Å². The fraction of sp³-hybridized carbons (Fsp3) is 0.412. The van der Waals surface area contributed by atoms with Crippen molar-refractivity contribution in [2.45, 2.75) is 25.8 Å². The van der Waals surface area contributed by atoms with Crippen LogP contribution in [0.4, 0.5) is 11.5 Å². The number of hydrogen-bond donors (Lipinski definition) is 3. The number of anilines is 2. The zero-order valence-corrected chi connectivity index (χ0v) is 15.2. The molecule has 0 amide bonds. The molecule has 4 heterocycles. The summed E-state index contributed by atoms with van der Waals surface area (Å²) in [5.41, 5.74) is 8.95. The van der Waals surface area contributed by atoms with Crippen LogP contribution in [0.1, 0.15) is 19.8 Å². The molecule has 0 saturated carbocycles. The second kappa shape index (κ2) is 6.22. The van der Waals surface area contributed by atoms with Gasteiger partial charge in [-0.3, -0.25) is 0 Å². The molecule has 3 aromatic rings. The first-order chi connectivity index (χ1) is 11.7. The fourth-order valence-electron chi connectivity index (χ4n) is 3.50. The summed E-state index contributed by atoms with van der Waals surface area (Å²) in [6.45, 7) is 5.58. The van der Waals surface area contributed by atoms with E-state index in [1.54, 1.807) is 12.4 Å². The highest BCUT2D eigenvalue weighted by Crippen LogP contribution is 2.35. The maximum absolute atomic E-state index is 6.22. The minimum Gasteiger partial charge on any atom is -0.382 e. The summed E-state index contributed by atoms with van der Waals surface area (Å²) in [6, 6.07) is 2.50. The molecule has 0 aliphatic carbocycles. The van der Waals surface area contributed by atoms with E-state index in [0.29, 0.717) is 11.9 Å². The predicted octanol–water partition coefficient (Wildman–Crippen LogP) is 3.35. The van der Waals surface area contributed by atoms with Crippen LogP contribution in [0.5, 0.6) is 0 Å². The van der Waals surface area contributed by atoms with Crippen LogP contribution in [0.25, 0.3) is 21.9 Å². The Balaban J connectivity index is 1.75. The Hall–Kier alpha value is -1.86. The van der Waals surface area contributed by atoms with Crippen molar-refractivity contribution in [2.24, 2.45) is 0 Å². The van der Waals surface area contributed by atoms with Gasteiger partial charge in [0.05, 0.1) is 17.4 Å². The van der Waals surface area contributed by atoms with E-state index in [1.807, 2.05) is 0 Å². The quantitative estimate of drug-likeness (QED) is 0.640. The number of hydrogen-bond acceptors (Lipinski definition) is 5. The number of likely N-dealkylation sites (tertiary alicyclic amines) is 1. The molecule has 7 heteroatoms. The number of nitrogens with one attached hydrogen (secondary N) is 2. The Morgan fingerprint density at radius 2 is 2.12 bits per heavy atom. The van der Waals surface area contributed by atoms with Gasteiger partial charge in [-0.05, 0) is 41.4 Å². The number of rotatable bonds is 3. The summed E-state index contributed by atoms with van der Waals surface area (Å²) in [5, 5.41) is 5.79. The van der Waals surface area contributed by atoms with Crippen molar-refractivity contribution in [1.29, 1.82) is 0 Å². The number of aromatic nitrogens is 3. The number of nitrogen functional groups attached to an aromatic ring is 1. The lowest BCUT2D eigenvalue weighted by Crippen LogP contribution is -2.39. The van der Waals surface area contributed by atoms with E-state index in [2.05, 4.69) is 54.1 Å². The van der Waals surface area contributed by atoms with Crippen LogP contribution >= 0.6 is 15.9 Å². The molecular weight excluding hydrogens is 368 g/mol. The van der Waals surface area contributed by atoms with Crippen LogP contribution in [-0.2, 0) is 0 Å². The number of pyridine rings is 2. The lowest BCUT2D eigenvalue weighted by atomic mass is 10.0. The molecule has 4 rings (SSSR count). The number of fused-ring (bicyclic) bond motifs is 3. The van der Waals surface area contributed by atoms with E-state index in [9.17, 15) is 0 Å². The molecule has 1 saturated heterocycles. The summed E-state index contributed by atoms with van der Waals surface area (Å²) in [5.74, 6) is 0.543. The second-order valence-corrected chi connectivity index (χ2v) is 7.25. The van der Waals surface area contributed by atoms with E-state index in [1.165, 1.54) is 0 Å². The third-order valence-electron chi connectivity index (χ3n) is 4.87. The van der Waals surface area contributed by atoms with Gasteiger partial charge >= 0.3 is 0 Å². The molecule has 1 fully saturated rings. The highest BCUT2D eigenvalue weighted by Gasteiger charge is 2.21. The SMILES string of the molecule is CCN1CCC(Nc2c(N)ncc3[nH]c4ncc(Br)cc4c23)CC1. The first kappa shape index (κ1) is 15.7. The normalized spacial score (nSPS) is 16.9. The van der Waals surface area contributed by atoms with E-state index < -0.39 is 0 Å². The maximum atomic E-state index is 6.22. The molecule has 1 aliphatic rings. The van der Waals surface area contributed by atoms with Crippen LogP contribution in [0, 0.1) is 0 Å². The number of halogens is 1. The Morgan fingerprint density at radius 1 is 1.33 bits per heavy atom. The van der Waals surface area contributed by atoms with Crippen molar-refractivity contribution in [2.75, 3.05) is 30.7 Å². The number of piperidine rings is 1. The first-order valence-corrected chi connectivity index (χ1v) is 9.15. The van der Waals surface area contributed by atoms with Crippen LogP contribution in [0.15, 0.2) is 22.9 Å². The molecule has 126 valence electrons. The Kier molecular flexibility index (Phi) is 4.05. The monoisotopic (exact) mass is 388 g/mol. The Labute approximate surface area is 149 Å². The maximum Gasteiger partial charge on any atom is 0.147 e. The zero-order chi connectivity index (χ0) is 16.7. The lowest BCUT2D eigenvalue weighted by Gasteiger charge is -2.32. The summed E-state index contributed by atoms with van der Waals surface area (Å²) in [4.78, 5) is 14.6. The van der Waals surface area contributed by atoms with Gasteiger partial charge in [-0.2, -0.15) is 0 Å². The molecule has 0 unspecified atom stereocenters. The van der Waals surface area contributed by atoms with Gasteiger partial charge in [0.15, 0.2) is 0 Å². The smallest absolute Gasteiger partial charge is 0.147 e. The van der Waals surface area contributed by atoms with E-state index >= 15 is 0 Å². The van der Waals surface area contributed by atoms with Gasteiger partial charge < -0.3 is 20.9 Å². The standard InChI is InChI=1S/C17H21BrN6/c1-2-24-5-3-11(4-6-24)22-15-14-12-7-10(18)8-21-17(12)23-13(14)9-20-16(15)19/h7-9,11,22H,2-6H2,1H3,(H2,19,20)(H,21,23). The van der Waals surface area contributed by atoms with Crippen molar-refractivity contribution in [3.63, 3.8) is 0 Å². The number of aromatic amines is 1. The molecule has 4 N–H and O–H groups in total. The topological polar surface area (TPSA) is 82.9 Å². The van der Waals surface area contributed by atoms with Gasteiger partial charge in [0.25, 0.3) is 0 Å². The lowest BCUT2D eigenvalue weighted by molar-refractivity contribution is 0.229. The second-order valence-electron chi connectivity index (χ2n) is 6.33. The van der Waals surface area contributed by atoms with Crippen molar-refractivity contribution in [3.8, 4) is 0 Å². The molecule has 0 aromatic carbocycles. The van der Waals surface area contributed by atoms with Crippen molar-refractivity contribution < 1.29 is 0 Å². The summed E-state index contributed by atoms with van der Waals surface area (Å²) < 4.78 is 0.952. The highest BCUT2D eigenvalue weighted by atomic mass is 79.9. The number of nitrogens with two attached hydrogens (primary N) is 1. The first-order valence-electron chi connectivity index (χ1n) is 8.36. The van der Waals surface area contributed by atoms with Gasteiger partial charge in [0.1, 0.15) is 11.5 Å². The third kappa shape index (κ3) is 2.71. The van der Waals surface area contributed by atoms with Crippen LogP contribution in [-0.4, -0.2) is 45.5 Å². The summed E-state index contributed by atoms with van der Waals surface area (Å²) in [6.07, 6.45) is 5.81. The molecule has 3 aromatic heterocycles. The van der Waals surface area contributed by atoms with E-state index in [-0.39, 0.29) is 0 Å². The average Bonchev–Trinajstić information content (AvgIpc) is 2.96. The number of H-pyrrole nitrogens is 1. The molecule has 0 atom stereocenters. The predicted molar refractivity (Wildman–Crippen MR) is 102 cm³/mol. The van der Waals surface area contributed by atoms with Crippen LogP contribution in [0.2, 0.25) is 0 Å². The summed E-state index contributed by atoms with van der Waals surface area (Å²) in [7, 11) is 0. The summed E-state index contributed by atoms with van der Waals surface area (Å²) >= 11 is 3.51. The van der Waals surface area contributed by atoms with Crippen molar-refractivity contribution in [3.05, 3.63) is 22.9 Å². The Morgan fingerprint density at radius 3 is 2.88 bits per heavy atom. The van der Waals surface area contributed by atoms with Gasteiger partial charge in [0.2, 0.25) is 0 Å². The molecule has 24 heavy (non-hydrogen) atoms.